The summed E-state index contributed by atoms with van der Waals surface area (Å²) in [4.78, 5) is 5.58. The molecular formula is C13H16F3N3S. The number of rotatable bonds is 4. The van der Waals surface area contributed by atoms with Crippen molar-refractivity contribution in [2.75, 3.05) is 23.7 Å². The minimum absolute atomic E-state index is 0.304. The molecule has 0 spiro atoms. The van der Waals surface area contributed by atoms with Gasteiger partial charge in [0.15, 0.2) is 0 Å². The van der Waals surface area contributed by atoms with E-state index in [9.17, 15) is 13.2 Å². The number of aryl methyl sites for hydroxylation is 1. The van der Waals surface area contributed by atoms with Gasteiger partial charge in [0.1, 0.15) is 6.54 Å². The van der Waals surface area contributed by atoms with Gasteiger partial charge in [-0.15, -0.1) is 11.3 Å². The number of anilines is 2. The summed E-state index contributed by atoms with van der Waals surface area (Å²) < 4.78 is 38.9. The van der Waals surface area contributed by atoms with Crippen molar-refractivity contribution in [3.63, 3.8) is 0 Å². The molecule has 0 saturated heterocycles. The Kier molecular flexibility index (Phi) is 4.08. The third kappa shape index (κ3) is 3.33. The van der Waals surface area contributed by atoms with Gasteiger partial charge in [-0.1, -0.05) is 6.92 Å². The molecule has 0 aliphatic rings. The molecule has 0 radical (unpaired) electrons. The highest BCUT2D eigenvalue weighted by Gasteiger charge is 2.31. The van der Waals surface area contributed by atoms with Crippen LogP contribution >= 0.6 is 11.3 Å². The van der Waals surface area contributed by atoms with Crippen LogP contribution in [0.25, 0.3) is 10.2 Å². The quantitative estimate of drug-likeness (QED) is 0.869. The largest absolute Gasteiger partial charge is 0.405 e. The van der Waals surface area contributed by atoms with Gasteiger partial charge in [0.2, 0.25) is 0 Å². The van der Waals surface area contributed by atoms with E-state index < -0.39 is 12.7 Å². The van der Waals surface area contributed by atoms with E-state index >= 15 is 0 Å². The molecule has 0 atom stereocenters. The van der Waals surface area contributed by atoms with Gasteiger partial charge in [-0.25, -0.2) is 4.98 Å². The molecule has 110 valence electrons. The van der Waals surface area contributed by atoms with E-state index in [1.165, 1.54) is 16.2 Å². The minimum atomic E-state index is -4.26. The van der Waals surface area contributed by atoms with Gasteiger partial charge in [0.05, 0.1) is 26.6 Å². The van der Waals surface area contributed by atoms with Crippen LogP contribution in [0.15, 0.2) is 12.1 Å². The summed E-state index contributed by atoms with van der Waals surface area (Å²) in [5.41, 5.74) is 7.37. The molecule has 20 heavy (non-hydrogen) atoms. The number of hydrogen-bond donors (Lipinski definition) is 1. The third-order valence-electron chi connectivity index (χ3n) is 2.85. The van der Waals surface area contributed by atoms with Crippen LogP contribution < -0.4 is 10.6 Å². The predicted octanol–water partition coefficient (Wildman–Crippen LogP) is 3.97. The molecule has 1 aromatic carbocycles. The van der Waals surface area contributed by atoms with Gasteiger partial charge >= 0.3 is 6.18 Å². The standard InChI is InChI=1S/C13H16F3N3S/c1-3-4-19(7-13(14,15)16)11-6-10-12(5-9(11)17)20-8(2)18-10/h5-6H,3-4,7,17H2,1-2H3. The molecular weight excluding hydrogens is 287 g/mol. The SMILES string of the molecule is CCCN(CC(F)(F)F)c1cc2nc(C)sc2cc1N. The second kappa shape index (κ2) is 5.47. The van der Waals surface area contributed by atoms with Crippen LogP contribution in [0.4, 0.5) is 24.5 Å². The van der Waals surface area contributed by atoms with Crippen molar-refractivity contribution < 1.29 is 13.2 Å². The second-order valence-corrected chi connectivity index (χ2v) is 5.88. The number of nitrogens with two attached hydrogens (primary N) is 1. The van der Waals surface area contributed by atoms with Crippen molar-refractivity contribution >= 4 is 32.9 Å². The van der Waals surface area contributed by atoms with Crippen molar-refractivity contribution in [3.8, 4) is 0 Å². The van der Waals surface area contributed by atoms with Gasteiger partial charge in [-0.05, 0) is 25.5 Å². The topological polar surface area (TPSA) is 42.2 Å². The first kappa shape index (κ1) is 14.9. The van der Waals surface area contributed by atoms with E-state index in [4.69, 9.17) is 5.73 Å². The number of fused-ring (bicyclic) bond motifs is 1. The lowest BCUT2D eigenvalue weighted by Gasteiger charge is -2.26. The van der Waals surface area contributed by atoms with Crippen LogP contribution in [0.1, 0.15) is 18.4 Å². The Hall–Kier alpha value is -1.50. The van der Waals surface area contributed by atoms with Crippen LogP contribution in [0.2, 0.25) is 0 Å². The molecule has 0 fully saturated rings. The van der Waals surface area contributed by atoms with E-state index in [0.29, 0.717) is 29.9 Å². The van der Waals surface area contributed by atoms with Crippen molar-refractivity contribution in [3.05, 3.63) is 17.1 Å². The number of nitrogens with zero attached hydrogens (tertiary/aromatic N) is 2. The average molecular weight is 303 g/mol. The first-order valence-corrected chi connectivity index (χ1v) is 7.10. The van der Waals surface area contributed by atoms with E-state index in [1.54, 1.807) is 12.1 Å². The zero-order valence-electron chi connectivity index (χ0n) is 11.3. The molecule has 0 unspecified atom stereocenters. The Morgan fingerprint density at radius 2 is 2.05 bits per heavy atom. The Bertz CT molecular complexity index is 607. The summed E-state index contributed by atoms with van der Waals surface area (Å²) in [6.07, 6.45) is -3.64. The molecule has 0 saturated carbocycles. The fourth-order valence-corrected chi connectivity index (χ4v) is 3.00. The maximum Gasteiger partial charge on any atom is 0.405 e. The summed E-state index contributed by atoms with van der Waals surface area (Å²) in [7, 11) is 0. The van der Waals surface area contributed by atoms with Crippen molar-refractivity contribution in [2.45, 2.75) is 26.4 Å². The lowest BCUT2D eigenvalue weighted by Crippen LogP contribution is -2.35. The number of alkyl halides is 3. The average Bonchev–Trinajstić information content (AvgIpc) is 2.65. The lowest BCUT2D eigenvalue weighted by atomic mass is 10.2. The molecule has 0 aliphatic heterocycles. The number of thiazole rings is 1. The Morgan fingerprint density at radius 3 is 2.65 bits per heavy atom. The molecule has 0 bridgehead atoms. The summed E-state index contributed by atoms with van der Waals surface area (Å²) in [5.74, 6) is 0. The normalized spacial score (nSPS) is 12.1. The number of nitrogen functional groups attached to an aromatic ring is 1. The van der Waals surface area contributed by atoms with Crippen LogP contribution in [0.5, 0.6) is 0 Å². The number of hydrogen-bond acceptors (Lipinski definition) is 4. The van der Waals surface area contributed by atoms with E-state index in [0.717, 1.165) is 9.71 Å². The number of benzene rings is 1. The summed E-state index contributed by atoms with van der Waals surface area (Å²) >= 11 is 1.48. The first-order valence-electron chi connectivity index (χ1n) is 6.28. The van der Waals surface area contributed by atoms with Crippen molar-refractivity contribution in [2.24, 2.45) is 0 Å². The van der Waals surface area contributed by atoms with E-state index in [-0.39, 0.29) is 0 Å². The van der Waals surface area contributed by atoms with Gasteiger partial charge in [-0.2, -0.15) is 13.2 Å². The van der Waals surface area contributed by atoms with Gasteiger partial charge in [-0.3, -0.25) is 0 Å². The third-order valence-corrected chi connectivity index (χ3v) is 3.78. The minimum Gasteiger partial charge on any atom is -0.397 e. The predicted molar refractivity (Wildman–Crippen MR) is 77.3 cm³/mol. The molecule has 2 N–H and O–H groups in total. The maximum absolute atomic E-state index is 12.7. The van der Waals surface area contributed by atoms with E-state index in [2.05, 4.69) is 4.98 Å². The Labute approximate surface area is 119 Å². The first-order chi connectivity index (χ1) is 9.30. The van der Waals surface area contributed by atoms with Crippen molar-refractivity contribution in [1.82, 2.24) is 4.98 Å². The Balaban J connectivity index is 2.43. The fraction of sp³-hybridized carbons (Fsp3) is 0.462. The molecule has 7 heteroatoms. The molecule has 2 aromatic rings. The van der Waals surface area contributed by atoms with Gasteiger partial charge in [0, 0.05) is 6.54 Å². The number of aromatic nitrogens is 1. The van der Waals surface area contributed by atoms with Crippen LogP contribution in [0, 0.1) is 6.92 Å². The van der Waals surface area contributed by atoms with Gasteiger partial charge < -0.3 is 10.6 Å². The Morgan fingerprint density at radius 1 is 1.35 bits per heavy atom. The van der Waals surface area contributed by atoms with Gasteiger partial charge in [0.25, 0.3) is 0 Å². The monoisotopic (exact) mass is 303 g/mol. The summed E-state index contributed by atoms with van der Waals surface area (Å²) in [5, 5.41) is 0.870. The maximum atomic E-state index is 12.7. The molecule has 0 aliphatic carbocycles. The molecule has 1 heterocycles. The van der Waals surface area contributed by atoms with Crippen LogP contribution in [-0.2, 0) is 0 Å². The molecule has 0 amide bonds. The summed E-state index contributed by atoms with van der Waals surface area (Å²) in [6.45, 7) is 3.00. The highest BCUT2D eigenvalue weighted by Crippen LogP contribution is 2.33. The lowest BCUT2D eigenvalue weighted by molar-refractivity contribution is -0.119. The highest BCUT2D eigenvalue weighted by molar-refractivity contribution is 7.18. The molecule has 1 aromatic heterocycles. The van der Waals surface area contributed by atoms with Crippen molar-refractivity contribution in [1.29, 1.82) is 0 Å². The highest BCUT2D eigenvalue weighted by atomic mass is 32.1. The fourth-order valence-electron chi connectivity index (χ4n) is 2.14. The molecule has 3 nitrogen and oxygen atoms in total. The van der Waals surface area contributed by atoms with Crippen LogP contribution in [0.3, 0.4) is 0 Å². The number of halogens is 3. The zero-order chi connectivity index (χ0) is 14.9. The second-order valence-electron chi connectivity index (χ2n) is 4.65. The van der Waals surface area contributed by atoms with E-state index in [1.807, 2.05) is 13.8 Å². The summed E-state index contributed by atoms with van der Waals surface area (Å²) in [6, 6.07) is 3.35. The zero-order valence-corrected chi connectivity index (χ0v) is 12.1. The van der Waals surface area contributed by atoms with Crippen LogP contribution in [-0.4, -0.2) is 24.2 Å². The smallest absolute Gasteiger partial charge is 0.397 e. The molecule has 2 rings (SSSR count).